The van der Waals surface area contributed by atoms with E-state index in [0.29, 0.717) is 12.5 Å². The average Bonchev–Trinajstić information content (AvgIpc) is 2.51. The average molecular weight is 209 g/mol. The van der Waals surface area contributed by atoms with Gasteiger partial charge in [0.1, 0.15) is 5.82 Å². The van der Waals surface area contributed by atoms with Crippen molar-refractivity contribution >= 4 is 0 Å². The summed E-state index contributed by atoms with van der Waals surface area (Å²) in [5, 5.41) is 0. The number of nitrogens with one attached hydrogen (secondary N) is 1. The summed E-state index contributed by atoms with van der Waals surface area (Å²) in [4.78, 5) is 7.85. The lowest BCUT2D eigenvalue weighted by Gasteiger charge is -2.20. The number of imidazole rings is 1. The Morgan fingerprint density at radius 2 is 2.13 bits per heavy atom. The Morgan fingerprint density at radius 1 is 1.47 bits per heavy atom. The molecule has 3 N–H and O–H groups in total. The van der Waals surface area contributed by atoms with Gasteiger partial charge in [-0.15, -0.1) is 0 Å². The van der Waals surface area contributed by atoms with Crippen LogP contribution in [0.15, 0.2) is 6.20 Å². The van der Waals surface area contributed by atoms with Gasteiger partial charge in [0.15, 0.2) is 0 Å². The second-order valence-corrected chi connectivity index (χ2v) is 5.28. The zero-order valence-corrected chi connectivity index (χ0v) is 10.3. The SMILES string of the molecule is CC(C)Cc1cnc(C(C)(C)CCN)[nH]1. The Labute approximate surface area is 92.5 Å². The van der Waals surface area contributed by atoms with E-state index >= 15 is 0 Å². The lowest BCUT2D eigenvalue weighted by molar-refractivity contribution is 0.460. The maximum absolute atomic E-state index is 5.60. The van der Waals surface area contributed by atoms with Gasteiger partial charge < -0.3 is 10.7 Å². The first-order chi connectivity index (χ1) is 6.95. The molecule has 86 valence electrons. The molecule has 3 heteroatoms. The van der Waals surface area contributed by atoms with Crippen molar-refractivity contribution in [2.24, 2.45) is 11.7 Å². The number of aromatic amines is 1. The van der Waals surface area contributed by atoms with Gasteiger partial charge in [-0.2, -0.15) is 0 Å². The quantitative estimate of drug-likeness (QED) is 0.781. The Bertz CT molecular complexity index is 300. The van der Waals surface area contributed by atoms with Gasteiger partial charge in [0.2, 0.25) is 0 Å². The predicted molar refractivity (Wildman–Crippen MR) is 63.8 cm³/mol. The number of rotatable bonds is 5. The number of hydrogen-bond acceptors (Lipinski definition) is 2. The molecule has 0 aliphatic carbocycles. The monoisotopic (exact) mass is 209 g/mol. The molecule has 0 amide bonds. The first kappa shape index (κ1) is 12.2. The van der Waals surface area contributed by atoms with Gasteiger partial charge in [0, 0.05) is 17.3 Å². The highest BCUT2D eigenvalue weighted by molar-refractivity contribution is 5.10. The summed E-state index contributed by atoms with van der Waals surface area (Å²) in [5.41, 5.74) is 6.88. The molecule has 0 radical (unpaired) electrons. The van der Waals surface area contributed by atoms with Crippen LogP contribution >= 0.6 is 0 Å². The van der Waals surface area contributed by atoms with Crippen LogP contribution in [0.25, 0.3) is 0 Å². The second-order valence-electron chi connectivity index (χ2n) is 5.28. The molecule has 0 fully saturated rings. The zero-order chi connectivity index (χ0) is 11.5. The minimum atomic E-state index is 0.0595. The summed E-state index contributed by atoms with van der Waals surface area (Å²) in [6.07, 6.45) is 3.97. The van der Waals surface area contributed by atoms with Crippen LogP contribution in [0.1, 0.15) is 45.6 Å². The summed E-state index contributed by atoms with van der Waals surface area (Å²) in [7, 11) is 0. The topological polar surface area (TPSA) is 54.7 Å². The molecule has 1 aromatic heterocycles. The molecule has 1 heterocycles. The molecule has 3 nitrogen and oxygen atoms in total. The minimum absolute atomic E-state index is 0.0595. The van der Waals surface area contributed by atoms with Crippen LogP contribution in [0.5, 0.6) is 0 Å². The van der Waals surface area contributed by atoms with E-state index in [9.17, 15) is 0 Å². The summed E-state index contributed by atoms with van der Waals surface area (Å²) in [6.45, 7) is 9.49. The fourth-order valence-corrected chi connectivity index (χ4v) is 1.73. The number of nitrogens with zero attached hydrogens (tertiary/aromatic N) is 1. The molecule has 0 bridgehead atoms. The first-order valence-electron chi connectivity index (χ1n) is 5.70. The number of aromatic nitrogens is 2. The molecule has 0 aliphatic rings. The molecule has 1 aromatic rings. The molecular formula is C12H23N3. The third kappa shape index (κ3) is 3.34. The summed E-state index contributed by atoms with van der Waals surface area (Å²) in [6, 6.07) is 0. The van der Waals surface area contributed by atoms with Crippen molar-refractivity contribution in [1.82, 2.24) is 9.97 Å². The van der Waals surface area contributed by atoms with Gasteiger partial charge in [-0.25, -0.2) is 4.98 Å². The molecular weight excluding hydrogens is 186 g/mol. The lowest BCUT2D eigenvalue weighted by atomic mass is 9.88. The van der Waals surface area contributed by atoms with E-state index in [1.165, 1.54) is 5.69 Å². The predicted octanol–water partition coefficient (Wildman–Crippen LogP) is 2.23. The molecule has 0 atom stereocenters. The normalized spacial score (nSPS) is 12.4. The fraction of sp³-hybridized carbons (Fsp3) is 0.750. The number of hydrogen-bond donors (Lipinski definition) is 2. The van der Waals surface area contributed by atoms with Crippen molar-refractivity contribution in [2.45, 2.75) is 46.0 Å². The van der Waals surface area contributed by atoms with Gasteiger partial charge >= 0.3 is 0 Å². The first-order valence-corrected chi connectivity index (χ1v) is 5.70. The molecule has 0 unspecified atom stereocenters. The third-order valence-electron chi connectivity index (χ3n) is 2.67. The molecule has 0 aromatic carbocycles. The molecule has 0 saturated heterocycles. The van der Waals surface area contributed by atoms with Crippen LogP contribution < -0.4 is 5.73 Å². The molecule has 0 saturated carbocycles. The van der Waals surface area contributed by atoms with Crippen molar-refractivity contribution in [3.8, 4) is 0 Å². The van der Waals surface area contributed by atoms with E-state index in [1.54, 1.807) is 0 Å². The van der Waals surface area contributed by atoms with Crippen molar-refractivity contribution in [3.63, 3.8) is 0 Å². The minimum Gasteiger partial charge on any atom is -0.345 e. The van der Waals surface area contributed by atoms with E-state index in [2.05, 4.69) is 37.7 Å². The molecule has 0 spiro atoms. The largest absolute Gasteiger partial charge is 0.345 e. The maximum atomic E-state index is 5.60. The van der Waals surface area contributed by atoms with E-state index in [4.69, 9.17) is 5.73 Å². The van der Waals surface area contributed by atoms with E-state index < -0.39 is 0 Å². The van der Waals surface area contributed by atoms with Gasteiger partial charge in [-0.1, -0.05) is 27.7 Å². The summed E-state index contributed by atoms with van der Waals surface area (Å²) >= 11 is 0. The Morgan fingerprint density at radius 3 is 2.67 bits per heavy atom. The molecule has 0 aliphatic heterocycles. The standard InChI is InChI=1S/C12H23N3/c1-9(2)7-10-8-14-11(15-10)12(3,4)5-6-13/h8-9H,5-7,13H2,1-4H3,(H,14,15). The van der Waals surface area contributed by atoms with Crippen LogP contribution in [0.4, 0.5) is 0 Å². The van der Waals surface area contributed by atoms with E-state index in [-0.39, 0.29) is 5.41 Å². The molecule has 1 rings (SSSR count). The van der Waals surface area contributed by atoms with Crippen molar-refractivity contribution in [2.75, 3.05) is 6.54 Å². The maximum Gasteiger partial charge on any atom is 0.111 e. The number of nitrogens with two attached hydrogens (primary N) is 1. The van der Waals surface area contributed by atoms with Crippen LogP contribution in [0.3, 0.4) is 0 Å². The summed E-state index contributed by atoms with van der Waals surface area (Å²) in [5.74, 6) is 1.72. The van der Waals surface area contributed by atoms with Crippen LogP contribution in [-0.2, 0) is 11.8 Å². The van der Waals surface area contributed by atoms with Crippen molar-refractivity contribution < 1.29 is 0 Å². The lowest BCUT2D eigenvalue weighted by Crippen LogP contribution is -2.23. The highest BCUT2D eigenvalue weighted by Gasteiger charge is 2.22. The number of H-pyrrole nitrogens is 1. The summed E-state index contributed by atoms with van der Waals surface area (Å²) < 4.78 is 0. The van der Waals surface area contributed by atoms with E-state index in [1.807, 2.05) is 6.20 Å². The third-order valence-corrected chi connectivity index (χ3v) is 2.67. The van der Waals surface area contributed by atoms with Gasteiger partial charge in [0.25, 0.3) is 0 Å². The van der Waals surface area contributed by atoms with Crippen molar-refractivity contribution in [3.05, 3.63) is 17.7 Å². The van der Waals surface area contributed by atoms with Crippen molar-refractivity contribution in [1.29, 1.82) is 0 Å². The van der Waals surface area contributed by atoms with Crippen LogP contribution in [-0.4, -0.2) is 16.5 Å². The Hall–Kier alpha value is -0.830. The zero-order valence-electron chi connectivity index (χ0n) is 10.3. The van der Waals surface area contributed by atoms with Gasteiger partial charge in [-0.3, -0.25) is 0 Å². The molecule has 15 heavy (non-hydrogen) atoms. The highest BCUT2D eigenvalue weighted by Crippen LogP contribution is 2.23. The Balaban J connectivity index is 2.74. The Kier molecular flexibility index (Phi) is 3.91. The van der Waals surface area contributed by atoms with Gasteiger partial charge in [0.05, 0.1) is 0 Å². The van der Waals surface area contributed by atoms with E-state index in [0.717, 1.165) is 18.7 Å². The van der Waals surface area contributed by atoms with Crippen LogP contribution in [0.2, 0.25) is 0 Å². The smallest absolute Gasteiger partial charge is 0.111 e. The second kappa shape index (κ2) is 4.79. The highest BCUT2D eigenvalue weighted by atomic mass is 14.9. The fourth-order valence-electron chi connectivity index (χ4n) is 1.73. The van der Waals surface area contributed by atoms with Crippen LogP contribution in [0, 0.1) is 5.92 Å². The van der Waals surface area contributed by atoms with Gasteiger partial charge in [-0.05, 0) is 25.3 Å².